The van der Waals surface area contributed by atoms with Gasteiger partial charge in [-0.1, -0.05) is 15.9 Å². The third kappa shape index (κ3) is 4.17. The Balaban J connectivity index is 2.71. The van der Waals surface area contributed by atoms with Gasteiger partial charge in [0, 0.05) is 17.0 Å². The number of carbonyl (C=O) groups is 1. The first kappa shape index (κ1) is 16.4. The fraction of sp³-hybridized carbons (Fsp3) is 0.417. The molecule has 0 aliphatic carbocycles. The largest absolute Gasteiger partial charge is 0.493 e. The van der Waals surface area contributed by atoms with Gasteiger partial charge in [-0.15, -0.1) is 0 Å². The fourth-order valence-corrected chi connectivity index (χ4v) is 1.94. The summed E-state index contributed by atoms with van der Waals surface area (Å²) in [6.07, 6.45) is 0.346. The molecule has 0 bridgehead atoms. The number of halogens is 1. The molecule has 0 fully saturated rings. The van der Waals surface area contributed by atoms with E-state index in [1.54, 1.807) is 20.0 Å². The summed E-state index contributed by atoms with van der Waals surface area (Å²) in [6, 6.07) is 4.33. The number of hydrogen-bond acceptors (Lipinski definition) is 5. The predicted octanol–water partition coefficient (Wildman–Crippen LogP) is 1.59. The Morgan fingerprint density at radius 2 is 2.20 bits per heavy atom. The van der Waals surface area contributed by atoms with Crippen LogP contribution in [0.3, 0.4) is 0 Å². The minimum absolute atomic E-state index is 0.0688. The fourth-order valence-electron chi connectivity index (χ4n) is 1.48. The highest BCUT2D eigenvalue weighted by Crippen LogP contribution is 2.26. The molecule has 1 rings (SSSR count). The lowest BCUT2D eigenvalue weighted by molar-refractivity contribution is -0.385. The lowest BCUT2D eigenvalue weighted by atomic mass is 9.98. The maximum absolute atomic E-state index is 11.3. The maximum Gasteiger partial charge on any atom is 0.274 e. The quantitative estimate of drug-likeness (QED) is 0.576. The van der Waals surface area contributed by atoms with Crippen LogP contribution in [0.5, 0.6) is 5.75 Å². The molecule has 1 unspecified atom stereocenters. The van der Waals surface area contributed by atoms with Crippen LogP contribution < -0.4 is 15.8 Å². The highest BCUT2D eigenvalue weighted by molar-refractivity contribution is 9.10. The molecule has 0 aromatic heterocycles. The minimum Gasteiger partial charge on any atom is -0.493 e. The molecular weight excluding hydrogens is 330 g/mol. The van der Waals surface area contributed by atoms with Crippen molar-refractivity contribution in [2.45, 2.75) is 18.9 Å². The predicted molar refractivity (Wildman–Crippen MR) is 77.6 cm³/mol. The monoisotopic (exact) mass is 345 g/mol. The number of nitrogens with one attached hydrogen (secondary N) is 1. The number of nitrogens with zero attached hydrogens (tertiary/aromatic N) is 1. The highest BCUT2D eigenvalue weighted by atomic mass is 79.9. The second kappa shape index (κ2) is 6.67. The molecule has 1 aromatic carbocycles. The van der Waals surface area contributed by atoms with Crippen molar-refractivity contribution in [2.24, 2.45) is 5.73 Å². The summed E-state index contributed by atoms with van der Waals surface area (Å²) < 4.78 is 5.99. The molecular formula is C12H16BrN3O4. The first-order valence-corrected chi connectivity index (χ1v) is 6.64. The number of nitro groups is 1. The molecule has 0 saturated heterocycles. The molecule has 7 nitrogen and oxygen atoms in total. The Bertz CT molecular complexity index is 523. The molecule has 0 aliphatic heterocycles. The number of nitrogens with two attached hydrogens (primary N) is 1. The molecule has 110 valence electrons. The van der Waals surface area contributed by atoms with Crippen LogP contribution in [0, 0.1) is 10.1 Å². The van der Waals surface area contributed by atoms with Crippen LogP contribution in [0.4, 0.5) is 5.69 Å². The van der Waals surface area contributed by atoms with E-state index >= 15 is 0 Å². The first-order chi connectivity index (χ1) is 9.28. The van der Waals surface area contributed by atoms with E-state index in [1.165, 1.54) is 12.1 Å². The van der Waals surface area contributed by atoms with Crippen molar-refractivity contribution in [2.75, 3.05) is 13.7 Å². The number of amides is 1. The SMILES string of the molecule is CNC(C)(CCOc1cc(Br)cc([N+](=O)[O-])c1)C(N)=O. The molecule has 0 radical (unpaired) electrons. The number of ether oxygens (including phenoxy) is 1. The van der Waals surface area contributed by atoms with Gasteiger partial charge in [-0.3, -0.25) is 14.9 Å². The van der Waals surface area contributed by atoms with Gasteiger partial charge >= 0.3 is 0 Å². The molecule has 0 aliphatic rings. The zero-order chi connectivity index (χ0) is 15.3. The normalized spacial score (nSPS) is 13.6. The molecule has 1 atom stereocenters. The molecule has 0 heterocycles. The molecule has 3 N–H and O–H groups in total. The molecule has 0 spiro atoms. The minimum atomic E-state index is -0.877. The zero-order valence-electron chi connectivity index (χ0n) is 11.2. The molecule has 1 amide bonds. The van der Waals surface area contributed by atoms with E-state index < -0.39 is 16.4 Å². The Labute approximate surface area is 124 Å². The zero-order valence-corrected chi connectivity index (χ0v) is 12.8. The van der Waals surface area contributed by atoms with Crippen molar-refractivity contribution in [1.82, 2.24) is 5.32 Å². The topological polar surface area (TPSA) is 107 Å². The second-order valence-corrected chi connectivity index (χ2v) is 5.36. The van der Waals surface area contributed by atoms with Gasteiger partial charge in [0.2, 0.25) is 5.91 Å². The highest BCUT2D eigenvalue weighted by Gasteiger charge is 2.28. The van der Waals surface area contributed by atoms with Gasteiger partial charge in [0.15, 0.2) is 0 Å². The molecule has 1 aromatic rings. The summed E-state index contributed by atoms with van der Waals surface area (Å²) in [5, 5.41) is 13.6. The summed E-state index contributed by atoms with van der Waals surface area (Å²) in [6.45, 7) is 1.87. The van der Waals surface area contributed by atoms with Gasteiger partial charge in [-0.2, -0.15) is 0 Å². The van der Waals surface area contributed by atoms with Crippen molar-refractivity contribution in [3.05, 3.63) is 32.8 Å². The van der Waals surface area contributed by atoms with E-state index in [1.807, 2.05) is 0 Å². The second-order valence-electron chi connectivity index (χ2n) is 4.45. The third-order valence-corrected chi connectivity index (χ3v) is 3.49. The van der Waals surface area contributed by atoms with Gasteiger partial charge in [-0.05, 0) is 20.0 Å². The summed E-state index contributed by atoms with van der Waals surface area (Å²) in [4.78, 5) is 21.5. The van der Waals surface area contributed by atoms with E-state index in [2.05, 4.69) is 21.2 Å². The summed E-state index contributed by atoms with van der Waals surface area (Å²) in [5.74, 6) is -0.127. The van der Waals surface area contributed by atoms with Crippen LogP contribution in [0.15, 0.2) is 22.7 Å². The van der Waals surface area contributed by atoms with Crippen molar-refractivity contribution >= 4 is 27.5 Å². The van der Waals surface area contributed by atoms with Crippen LogP contribution >= 0.6 is 15.9 Å². The third-order valence-electron chi connectivity index (χ3n) is 3.03. The number of non-ortho nitro benzene ring substituents is 1. The summed E-state index contributed by atoms with van der Waals surface area (Å²) >= 11 is 3.18. The molecule has 20 heavy (non-hydrogen) atoms. The number of benzene rings is 1. The van der Waals surface area contributed by atoms with Crippen LogP contribution in [0.25, 0.3) is 0 Å². The van der Waals surface area contributed by atoms with Crippen LogP contribution in [0.2, 0.25) is 0 Å². The van der Waals surface area contributed by atoms with Gasteiger partial charge in [0.25, 0.3) is 5.69 Å². The lowest BCUT2D eigenvalue weighted by Gasteiger charge is -2.25. The Kier molecular flexibility index (Phi) is 5.46. The summed E-state index contributed by atoms with van der Waals surface area (Å²) in [5.41, 5.74) is 4.35. The Morgan fingerprint density at radius 1 is 1.55 bits per heavy atom. The average molecular weight is 346 g/mol. The molecule has 0 saturated carbocycles. The van der Waals surface area contributed by atoms with E-state index in [9.17, 15) is 14.9 Å². The lowest BCUT2D eigenvalue weighted by Crippen LogP contribution is -2.52. The number of hydrogen-bond donors (Lipinski definition) is 2. The van der Waals surface area contributed by atoms with Gasteiger partial charge in [0.1, 0.15) is 5.75 Å². The average Bonchev–Trinajstić information content (AvgIpc) is 2.37. The van der Waals surface area contributed by atoms with Gasteiger partial charge in [0.05, 0.1) is 23.1 Å². The first-order valence-electron chi connectivity index (χ1n) is 5.85. The van der Waals surface area contributed by atoms with E-state index in [0.717, 1.165) is 0 Å². The van der Waals surface area contributed by atoms with Crippen molar-refractivity contribution in [3.63, 3.8) is 0 Å². The van der Waals surface area contributed by atoms with Crippen LogP contribution in [-0.4, -0.2) is 30.0 Å². The van der Waals surface area contributed by atoms with Gasteiger partial charge in [-0.25, -0.2) is 0 Å². The van der Waals surface area contributed by atoms with E-state index in [0.29, 0.717) is 16.6 Å². The van der Waals surface area contributed by atoms with Crippen LogP contribution in [-0.2, 0) is 4.79 Å². The van der Waals surface area contributed by atoms with Crippen molar-refractivity contribution < 1.29 is 14.5 Å². The van der Waals surface area contributed by atoms with E-state index in [-0.39, 0.29) is 12.3 Å². The standard InChI is InChI=1S/C12H16BrN3O4/c1-12(15-2,11(14)17)3-4-20-10-6-8(13)5-9(7-10)16(18)19/h5-7,15H,3-4H2,1-2H3,(H2,14,17). The Hall–Kier alpha value is -1.67. The maximum atomic E-state index is 11.3. The number of likely N-dealkylation sites (N-methyl/N-ethyl adjacent to an activating group) is 1. The van der Waals surface area contributed by atoms with E-state index in [4.69, 9.17) is 10.5 Å². The van der Waals surface area contributed by atoms with Crippen LogP contribution in [0.1, 0.15) is 13.3 Å². The number of carbonyl (C=O) groups excluding carboxylic acids is 1. The van der Waals surface area contributed by atoms with Crippen molar-refractivity contribution in [3.8, 4) is 5.75 Å². The smallest absolute Gasteiger partial charge is 0.274 e. The van der Waals surface area contributed by atoms with Crippen molar-refractivity contribution in [1.29, 1.82) is 0 Å². The summed E-state index contributed by atoms with van der Waals surface area (Å²) in [7, 11) is 1.63. The molecule has 8 heteroatoms. The Morgan fingerprint density at radius 3 is 2.70 bits per heavy atom. The number of primary amides is 1. The number of nitro benzene ring substituents is 1. The number of rotatable bonds is 7. The van der Waals surface area contributed by atoms with Gasteiger partial charge < -0.3 is 15.8 Å².